The van der Waals surface area contributed by atoms with Crippen molar-refractivity contribution in [3.63, 3.8) is 0 Å². The van der Waals surface area contributed by atoms with E-state index < -0.39 is 15.1 Å². The minimum Gasteiger partial charge on any atom is -0.372 e. The summed E-state index contributed by atoms with van der Waals surface area (Å²) in [5.74, 6) is 0.525. The maximum atomic E-state index is 12.7. The van der Waals surface area contributed by atoms with E-state index in [1.54, 1.807) is 0 Å². The zero-order valence-electron chi connectivity index (χ0n) is 18.0. The van der Waals surface area contributed by atoms with Crippen LogP contribution in [0.25, 0.3) is 10.9 Å². The quantitative estimate of drug-likeness (QED) is 0.610. The van der Waals surface area contributed by atoms with Crippen LogP contribution in [0, 0.1) is 0 Å². The number of benzene rings is 2. The molecule has 2 aliphatic heterocycles. The second kappa shape index (κ2) is 8.58. The number of piperidine rings is 1. The van der Waals surface area contributed by atoms with Gasteiger partial charge in [0.25, 0.3) is 0 Å². The van der Waals surface area contributed by atoms with Crippen molar-refractivity contribution in [1.29, 1.82) is 0 Å². The van der Waals surface area contributed by atoms with Crippen molar-refractivity contribution < 1.29 is 13.2 Å². The van der Waals surface area contributed by atoms with Crippen LogP contribution in [0.1, 0.15) is 48.5 Å². The number of anilines is 2. The molecule has 5 rings (SSSR count). The lowest BCUT2D eigenvalue weighted by molar-refractivity contribution is -0.115. The number of aromatic nitrogens is 2. The number of nitrogens with zero attached hydrogens (tertiary/aromatic N) is 2. The van der Waals surface area contributed by atoms with Gasteiger partial charge in [-0.2, -0.15) is 5.10 Å². The van der Waals surface area contributed by atoms with Gasteiger partial charge in [-0.1, -0.05) is 18.2 Å². The Bertz CT molecular complexity index is 1230. The number of aromatic amines is 1. The third kappa shape index (κ3) is 4.24. The van der Waals surface area contributed by atoms with Crippen molar-refractivity contribution >= 4 is 38.2 Å². The lowest BCUT2D eigenvalue weighted by Gasteiger charge is -2.28. The number of nitrogens with one attached hydrogen (secondary N) is 2. The van der Waals surface area contributed by atoms with Crippen LogP contribution in [0.15, 0.2) is 42.5 Å². The second-order valence-corrected chi connectivity index (χ2v) is 11.1. The fraction of sp³-hybridized carbons (Fsp3) is 0.417. The molecule has 3 aromatic rings. The van der Waals surface area contributed by atoms with Crippen molar-refractivity contribution in [2.24, 2.45) is 0 Å². The Morgan fingerprint density at radius 2 is 1.84 bits per heavy atom. The minimum absolute atomic E-state index is 0.150. The molecule has 2 saturated heterocycles. The van der Waals surface area contributed by atoms with E-state index in [2.05, 4.69) is 32.5 Å². The monoisotopic (exact) mass is 452 g/mol. The molecule has 168 valence electrons. The first kappa shape index (κ1) is 21.0. The highest BCUT2D eigenvalue weighted by Crippen LogP contribution is 2.36. The molecule has 1 aromatic heterocycles. The summed E-state index contributed by atoms with van der Waals surface area (Å²) in [6.07, 6.45) is 5.35. The lowest BCUT2D eigenvalue weighted by atomic mass is 10.1. The zero-order chi connectivity index (χ0) is 22.1. The molecule has 0 spiro atoms. The Balaban J connectivity index is 1.29. The maximum absolute atomic E-state index is 12.7. The molecule has 1 amide bonds. The van der Waals surface area contributed by atoms with Crippen LogP contribution < -0.4 is 10.2 Å². The van der Waals surface area contributed by atoms with Crippen LogP contribution in [0.2, 0.25) is 0 Å². The summed E-state index contributed by atoms with van der Waals surface area (Å²) in [4.78, 5) is 15.1. The third-order valence-electron chi connectivity index (χ3n) is 6.57. The average Bonchev–Trinajstić information content (AvgIpc) is 3.36. The van der Waals surface area contributed by atoms with Crippen molar-refractivity contribution in [3.8, 4) is 0 Å². The second-order valence-electron chi connectivity index (χ2n) is 8.81. The molecule has 32 heavy (non-hydrogen) atoms. The van der Waals surface area contributed by atoms with E-state index in [1.807, 2.05) is 30.3 Å². The number of rotatable bonds is 5. The van der Waals surface area contributed by atoms with Gasteiger partial charge in [0.15, 0.2) is 15.7 Å². The van der Waals surface area contributed by atoms with Gasteiger partial charge < -0.3 is 10.2 Å². The molecule has 0 aliphatic carbocycles. The summed E-state index contributed by atoms with van der Waals surface area (Å²) >= 11 is 0. The van der Waals surface area contributed by atoms with Crippen LogP contribution in [-0.4, -0.2) is 43.4 Å². The van der Waals surface area contributed by atoms with E-state index >= 15 is 0 Å². The predicted molar refractivity (Wildman–Crippen MR) is 127 cm³/mol. The van der Waals surface area contributed by atoms with Crippen molar-refractivity contribution in [1.82, 2.24) is 10.2 Å². The summed E-state index contributed by atoms with van der Waals surface area (Å²) < 4.78 is 24.7. The molecule has 2 fully saturated rings. The van der Waals surface area contributed by atoms with Crippen molar-refractivity contribution in [2.45, 2.75) is 43.8 Å². The number of carbonyl (C=O) groups excluding carboxylic acids is 1. The molecule has 3 heterocycles. The summed E-state index contributed by atoms with van der Waals surface area (Å²) in [6.45, 7) is 2.19. The van der Waals surface area contributed by atoms with Crippen LogP contribution in [0.3, 0.4) is 0 Å². The molecule has 7 nitrogen and oxygen atoms in total. The standard InChI is InChI=1S/C24H28N4O3S/c29-23(15-17-6-9-19(10-7-17)28-12-2-1-3-13-28)25-24-20-16-18(8-11-21(20)26-27-24)22-5-4-14-32(22,30)31/h6-11,16,22H,1-5,12-15H2,(H2,25,26,27,29). The van der Waals surface area contributed by atoms with Crippen molar-refractivity contribution in [3.05, 3.63) is 53.6 Å². The lowest BCUT2D eigenvalue weighted by Crippen LogP contribution is -2.29. The molecule has 0 radical (unpaired) electrons. The van der Waals surface area contributed by atoms with Gasteiger partial charge in [-0.3, -0.25) is 9.89 Å². The largest absolute Gasteiger partial charge is 0.372 e. The molecule has 2 N–H and O–H groups in total. The smallest absolute Gasteiger partial charge is 0.230 e. The van der Waals surface area contributed by atoms with Gasteiger partial charge in [-0.05, 0) is 67.5 Å². The number of hydrogen-bond acceptors (Lipinski definition) is 5. The Labute approximate surface area is 188 Å². The van der Waals surface area contributed by atoms with Gasteiger partial charge in [0, 0.05) is 24.2 Å². The first-order valence-corrected chi connectivity index (χ1v) is 13.0. The summed E-state index contributed by atoms with van der Waals surface area (Å²) in [5.41, 5.74) is 3.69. The van der Waals surface area contributed by atoms with E-state index in [4.69, 9.17) is 0 Å². The van der Waals surface area contributed by atoms with Crippen LogP contribution in [-0.2, 0) is 21.1 Å². The Hall–Kier alpha value is -2.87. The SMILES string of the molecule is O=C(Cc1ccc(N2CCCCC2)cc1)Nc1n[nH]c2ccc(C3CCCS3(=O)=O)cc12. The van der Waals surface area contributed by atoms with Gasteiger partial charge >= 0.3 is 0 Å². The van der Waals surface area contributed by atoms with Gasteiger partial charge in [0.1, 0.15) is 0 Å². The Kier molecular flexibility index (Phi) is 5.63. The summed E-state index contributed by atoms with van der Waals surface area (Å²) in [5, 5.41) is 10.3. The van der Waals surface area contributed by atoms with E-state index in [9.17, 15) is 13.2 Å². The molecule has 2 aliphatic rings. The fourth-order valence-electron chi connectivity index (χ4n) is 4.83. The molecule has 0 saturated carbocycles. The normalized spacial score (nSPS) is 20.5. The molecular formula is C24H28N4O3S. The molecule has 8 heteroatoms. The van der Waals surface area contributed by atoms with Gasteiger partial charge in [-0.15, -0.1) is 0 Å². The highest BCUT2D eigenvalue weighted by atomic mass is 32.2. The van der Waals surface area contributed by atoms with Crippen molar-refractivity contribution in [2.75, 3.05) is 29.1 Å². The van der Waals surface area contributed by atoms with Crippen LogP contribution >= 0.6 is 0 Å². The summed E-state index contributed by atoms with van der Waals surface area (Å²) in [7, 11) is -3.10. The Morgan fingerprint density at radius 1 is 1.06 bits per heavy atom. The molecule has 1 atom stereocenters. The zero-order valence-corrected chi connectivity index (χ0v) is 18.8. The van der Waals surface area contributed by atoms with Crippen LogP contribution in [0.5, 0.6) is 0 Å². The highest BCUT2D eigenvalue weighted by molar-refractivity contribution is 7.91. The fourth-order valence-corrected chi connectivity index (χ4v) is 6.77. The topological polar surface area (TPSA) is 95.2 Å². The van der Waals surface area contributed by atoms with Gasteiger partial charge in [-0.25, -0.2) is 8.42 Å². The van der Waals surface area contributed by atoms with E-state index in [0.717, 1.165) is 35.1 Å². The van der Waals surface area contributed by atoms with Gasteiger partial charge in [0.2, 0.25) is 5.91 Å². The number of amides is 1. The Morgan fingerprint density at radius 3 is 2.56 bits per heavy atom. The van der Waals surface area contributed by atoms with E-state index in [-0.39, 0.29) is 18.1 Å². The summed E-state index contributed by atoms with van der Waals surface area (Å²) in [6, 6.07) is 13.7. The van der Waals surface area contributed by atoms with Crippen LogP contribution in [0.4, 0.5) is 11.5 Å². The number of hydrogen-bond donors (Lipinski definition) is 2. The van der Waals surface area contributed by atoms with E-state index in [0.29, 0.717) is 18.7 Å². The highest BCUT2D eigenvalue weighted by Gasteiger charge is 2.32. The van der Waals surface area contributed by atoms with E-state index in [1.165, 1.54) is 24.9 Å². The molecule has 1 unspecified atom stereocenters. The number of fused-ring (bicyclic) bond motifs is 1. The molecule has 0 bridgehead atoms. The predicted octanol–water partition coefficient (Wildman–Crippen LogP) is 3.98. The van der Waals surface area contributed by atoms with Gasteiger partial charge in [0.05, 0.1) is 22.9 Å². The first-order chi connectivity index (χ1) is 15.5. The third-order valence-corrected chi connectivity index (χ3v) is 8.80. The minimum atomic E-state index is -3.10. The maximum Gasteiger partial charge on any atom is 0.230 e. The number of sulfone groups is 1. The molecular weight excluding hydrogens is 424 g/mol. The molecule has 2 aromatic carbocycles. The average molecular weight is 453 g/mol. The number of carbonyl (C=O) groups is 1. The number of H-pyrrole nitrogens is 1. The first-order valence-electron chi connectivity index (χ1n) is 11.3.